The highest BCUT2D eigenvalue weighted by Crippen LogP contribution is 1.96. The lowest BCUT2D eigenvalue weighted by molar-refractivity contribution is -0.127. The Bertz CT molecular complexity index is 106. The second kappa shape index (κ2) is 8.72. The molecule has 2 heteroatoms. The number of Topliss-reactive ketones (excluding diaryl/α,β-unsaturated/α-hetero) is 1. The number of carbonyl (C=O) groups is 1. The topological polar surface area (TPSA) is 26.3 Å². The average Bonchev–Trinajstić information content (AvgIpc) is 2.03. The van der Waals surface area contributed by atoms with Crippen LogP contribution in [0.25, 0.3) is 0 Å². The van der Waals surface area contributed by atoms with Gasteiger partial charge >= 0.3 is 0 Å². The van der Waals surface area contributed by atoms with Crippen molar-refractivity contribution in [3.8, 4) is 0 Å². The van der Waals surface area contributed by atoms with E-state index in [0.29, 0.717) is 0 Å². The van der Waals surface area contributed by atoms with E-state index in [2.05, 4.69) is 0 Å². The largest absolute Gasteiger partial charge is 0.371 e. The Hall–Kier alpha value is -0.370. The van der Waals surface area contributed by atoms with E-state index in [1.54, 1.807) is 0 Å². The Labute approximate surface area is 76.3 Å². The van der Waals surface area contributed by atoms with Crippen molar-refractivity contribution in [1.29, 1.82) is 0 Å². The van der Waals surface area contributed by atoms with Crippen molar-refractivity contribution in [2.45, 2.75) is 47.6 Å². The average molecular weight is 174 g/mol. The van der Waals surface area contributed by atoms with Gasteiger partial charge in [0.05, 0.1) is 6.10 Å². The molecular weight excluding hydrogens is 152 g/mol. The monoisotopic (exact) mass is 174 g/mol. The third-order valence-corrected chi connectivity index (χ3v) is 1.20. The number of rotatable bonds is 4. The van der Waals surface area contributed by atoms with Gasteiger partial charge in [0.2, 0.25) is 0 Å². The van der Waals surface area contributed by atoms with Crippen molar-refractivity contribution >= 4 is 5.78 Å². The number of ketones is 1. The highest BCUT2D eigenvalue weighted by Gasteiger charge is 2.07. The van der Waals surface area contributed by atoms with Crippen molar-refractivity contribution in [2.24, 2.45) is 5.92 Å². The minimum absolute atomic E-state index is 0.0961. The minimum Gasteiger partial charge on any atom is -0.371 e. The van der Waals surface area contributed by atoms with Crippen molar-refractivity contribution in [3.05, 3.63) is 0 Å². The zero-order chi connectivity index (χ0) is 10.1. The normalized spacial score (nSPS) is 9.67. The smallest absolute Gasteiger partial charge is 0.160 e. The molecule has 0 aliphatic rings. The molecule has 2 nitrogen and oxygen atoms in total. The van der Waals surface area contributed by atoms with E-state index in [4.69, 9.17) is 4.74 Å². The number of hydrogen-bond donors (Lipinski definition) is 0. The van der Waals surface area contributed by atoms with Crippen LogP contribution in [0.15, 0.2) is 0 Å². The molecule has 0 atom stereocenters. The third kappa shape index (κ3) is 9.63. The fourth-order valence-electron chi connectivity index (χ4n) is 0.415. The van der Waals surface area contributed by atoms with Crippen molar-refractivity contribution in [3.63, 3.8) is 0 Å². The predicted octanol–water partition coefficient (Wildman–Crippen LogP) is 2.66. The summed E-state index contributed by atoms with van der Waals surface area (Å²) in [5.74, 6) is 0.271. The number of ether oxygens (including phenoxy) is 1. The van der Waals surface area contributed by atoms with Crippen LogP contribution >= 0.6 is 0 Å². The molecule has 0 heterocycles. The molecule has 0 aromatic heterocycles. The van der Waals surface area contributed by atoms with Gasteiger partial charge in [0, 0.05) is 5.92 Å². The van der Waals surface area contributed by atoms with Crippen molar-refractivity contribution < 1.29 is 9.53 Å². The summed E-state index contributed by atoms with van der Waals surface area (Å²) in [6.07, 6.45) is 0.155. The fraction of sp³-hybridized carbons (Fsp3) is 0.900. The summed E-state index contributed by atoms with van der Waals surface area (Å²) >= 11 is 0. The molecule has 12 heavy (non-hydrogen) atoms. The molecule has 0 saturated carbocycles. The van der Waals surface area contributed by atoms with E-state index in [9.17, 15) is 4.79 Å². The van der Waals surface area contributed by atoms with Gasteiger partial charge in [-0.25, -0.2) is 0 Å². The van der Waals surface area contributed by atoms with E-state index in [0.717, 1.165) is 0 Å². The Morgan fingerprint density at radius 3 is 1.83 bits per heavy atom. The first-order chi connectivity index (χ1) is 5.54. The summed E-state index contributed by atoms with van der Waals surface area (Å²) in [4.78, 5) is 10.9. The van der Waals surface area contributed by atoms with Crippen molar-refractivity contribution in [2.75, 3.05) is 6.61 Å². The molecule has 0 aliphatic heterocycles. The lowest BCUT2D eigenvalue weighted by Crippen LogP contribution is -2.17. The van der Waals surface area contributed by atoms with Gasteiger partial charge in [0.25, 0.3) is 0 Å². The molecular formula is C10H22O2. The molecule has 74 valence electrons. The summed E-state index contributed by atoms with van der Waals surface area (Å²) in [6.45, 7) is 11.9. The standard InChI is InChI=1S/C8H16O2.C2H6/c1-6(2)8(9)5-10-7(3)4;1-2/h6-7H,5H2,1-4H3;1-2H3. The quantitative estimate of drug-likeness (QED) is 0.655. The molecule has 0 unspecified atom stereocenters. The van der Waals surface area contributed by atoms with Gasteiger partial charge in [-0.1, -0.05) is 27.7 Å². The zero-order valence-corrected chi connectivity index (χ0v) is 9.18. The SMILES string of the molecule is CC.CC(C)OCC(=O)C(C)C. The van der Waals surface area contributed by atoms with Crippen LogP contribution in [0.4, 0.5) is 0 Å². The lowest BCUT2D eigenvalue weighted by atomic mass is 10.1. The van der Waals surface area contributed by atoms with E-state index in [1.165, 1.54) is 0 Å². The maximum atomic E-state index is 10.9. The van der Waals surface area contributed by atoms with Crippen LogP contribution in [0.2, 0.25) is 0 Å². The second-order valence-electron chi connectivity index (χ2n) is 2.98. The molecule has 0 aromatic carbocycles. The van der Waals surface area contributed by atoms with Gasteiger partial charge in [-0.05, 0) is 13.8 Å². The highest BCUT2D eigenvalue weighted by atomic mass is 16.5. The van der Waals surface area contributed by atoms with Gasteiger partial charge in [0.1, 0.15) is 6.61 Å². The number of carbonyl (C=O) groups excluding carboxylic acids is 1. The van der Waals surface area contributed by atoms with Gasteiger partial charge in [-0.3, -0.25) is 4.79 Å². The van der Waals surface area contributed by atoms with Crippen LogP contribution in [-0.4, -0.2) is 18.5 Å². The van der Waals surface area contributed by atoms with Crippen LogP contribution in [-0.2, 0) is 9.53 Å². The summed E-state index contributed by atoms with van der Waals surface area (Å²) in [6, 6.07) is 0. The lowest BCUT2D eigenvalue weighted by Gasteiger charge is -2.07. The molecule has 0 amide bonds. The summed E-state index contributed by atoms with van der Waals surface area (Å²) < 4.78 is 5.12. The fourth-order valence-corrected chi connectivity index (χ4v) is 0.415. The molecule has 0 aliphatic carbocycles. The minimum atomic E-state index is 0.0961. The van der Waals surface area contributed by atoms with E-state index < -0.39 is 0 Å². The molecule has 0 saturated heterocycles. The predicted molar refractivity (Wildman–Crippen MR) is 52.3 cm³/mol. The summed E-state index contributed by atoms with van der Waals surface area (Å²) in [5.41, 5.74) is 0. The summed E-state index contributed by atoms with van der Waals surface area (Å²) in [7, 11) is 0. The van der Waals surface area contributed by atoms with Crippen LogP contribution in [0.5, 0.6) is 0 Å². The van der Waals surface area contributed by atoms with E-state index in [-0.39, 0.29) is 24.4 Å². The Morgan fingerprint density at radius 2 is 1.58 bits per heavy atom. The van der Waals surface area contributed by atoms with Gasteiger partial charge < -0.3 is 4.74 Å². The zero-order valence-electron chi connectivity index (χ0n) is 9.18. The Kier molecular flexibility index (Phi) is 10.3. The molecule has 0 fully saturated rings. The molecule has 0 radical (unpaired) electrons. The molecule has 0 bridgehead atoms. The second-order valence-corrected chi connectivity index (χ2v) is 2.98. The Balaban J connectivity index is 0. The van der Waals surface area contributed by atoms with Gasteiger partial charge in [-0.2, -0.15) is 0 Å². The van der Waals surface area contributed by atoms with Gasteiger partial charge in [-0.15, -0.1) is 0 Å². The van der Waals surface area contributed by atoms with Crippen molar-refractivity contribution in [1.82, 2.24) is 0 Å². The number of hydrogen-bond acceptors (Lipinski definition) is 2. The Morgan fingerprint density at radius 1 is 1.17 bits per heavy atom. The first-order valence-corrected chi connectivity index (χ1v) is 4.68. The summed E-state index contributed by atoms with van der Waals surface area (Å²) in [5, 5.41) is 0. The third-order valence-electron chi connectivity index (χ3n) is 1.20. The first kappa shape index (κ1) is 14.2. The maximum Gasteiger partial charge on any atom is 0.160 e. The van der Waals surface area contributed by atoms with E-state index in [1.807, 2.05) is 41.5 Å². The van der Waals surface area contributed by atoms with E-state index >= 15 is 0 Å². The molecule has 0 N–H and O–H groups in total. The molecule has 0 spiro atoms. The molecule has 0 aromatic rings. The molecule has 0 rings (SSSR count). The maximum absolute atomic E-state index is 10.9. The highest BCUT2D eigenvalue weighted by molar-refractivity contribution is 5.81. The van der Waals surface area contributed by atoms with Crippen LogP contribution in [0.1, 0.15) is 41.5 Å². The van der Waals surface area contributed by atoms with Crippen LogP contribution < -0.4 is 0 Å². The van der Waals surface area contributed by atoms with Crippen LogP contribution in [0.3, 0.4) is 0 Å². The first-order valence-electron chi connectivity index (χ1n) is 4.68. The van der Waals surface area contributed by atoms with Gasteiger partial charge in [0.15, 0.2) is 5.78 Å². The van der Waals surface area contributed by atoms with Crippen LogP contribution in [0, 0.1) is 5.92 Å².